The van der Waals surface area contributed by atoms with Crippen LogP contribution in [-0.2, 0) is 22.0 Å². The molecule has 176 valence electrons. The second kappa shape index (κ2) is 8.73. The summed E-state index contributed by atoms with van der Waals surface area (Å²) in [5, 5.41) is 0.922. The third kappa shape index (κ3) is 4.78. The molecule has 0 saturated heterocycles. The zero-order chi connectivity index (χ0) is 24.0. The van der Waals surface area contributed by atoms with Crippen molar-refractivity contribution >= 4 is 20.9 Å². The van der Waals surface area contributed by atoms with E-state index in [4.69, 9.17) is 0 Å². The molecular formula is C27H34N2O3S. The van der Waals surface area contributed by atoms with Gasteiger partial charge in [0.05, 0.1) is 4.90 Å². The molecule has 0 unspecified atom stereocenters. The first kappa shape index (κ1) is 23.7. The lowest BCUT2D eigenvalue weighted by Crippen LogP contribution is -2.39. The van der Waals surface area contributed by atoms with Crippen molar-refractivity contribution in [3.63, 3.8) is 0 Å². The molecule has 0 radical (unpaired) electrons. The van der Waals surface area contributed by atoms with Crippen LogP contribution in [0.3, 0.4) is 0 Å². The number of hydrogen-bond donors (Lipinski definition) is 1. The maximum Gasteiger partial charge on any atom is 0.252 e. The number of aromatic nitrogens is 1. The SMILES string of the molecule is Cc1cc2cc(CN(C3CCCC3)S(=O)(=O)c3ccc(C(C)(C)C)cc3)c(=O)[nH]c2cc1C. The van der Waals surface area contributed by atoms with Gasteiger partial charge in [-0.25, -0.2) is 8.42 Å². The number of benzene rings is 2. The number of rotatable bonds is 5. The van der Waals surface area contributed by atoms with Crippen molar-refractivity contribution in [2.45, 2.75) is 83.2 Å². The molecule has 6 heteroatoms. The van der Waals surface area contributed by atoms with E-state index < -0.39 is 10.0 Å². The molecule has 1 saturated carbocycles. The van der Waals surface area contributed by atoms with Gasteiger partial charge in [-0.05, 0) is 84.5 Å². The Labute approximate surface area is 196 Å². The van der Waals surface area contributed by atoms with Gasteiger partial charge in [-0.3, -0.25) is 4.79 Å². The summed E-state index contributed by atoms with van der Waals surface area (Å²) >= 11 is 0. The first-order chi connectivity index (χ1) is 15.5. The number of H-pyrrole nitrogens is 1. The maximum atomic E-state index is 13.8. The molecule has 1 aliphatic carbocycles. The number of nitrogens with one attached hydrogen (secondary N) is 1. The molecule has 0 amide bonds. The number of pyridine rings is 1. The Kier molecular flexibility index (Phi) is 6.27. The fraction of sp³-hybridized carbons (Fsp3) is 0.444. The highest BCUT2D eigenvalue weighted by Gasteiger charge is 2.34. The van der Waals surface area contributed by atoms with Crippen LogP contribution in [0.25, 0.3) is 10.9 Å². The Morgan fingerprint density at radius 1 is 0.970 bits per heavy atom. The van der Waals surface area contributed by atoms with Crippen LogP contribution in [0.1, 0.15) is 68.7 Å². The normalized spacial score (nSPS) is 15.6. The van der Waals surface area contributed by atoms with Gasteiger partial charge in [0.15, 0.2) is 0 Å². The summed E-state index contributed by atoms with van der Waals surface area (Å²) in [4.78, 5) is 16.2. The zero-order valence-electron chi connectivity index (χ0n) is 20.2. The molecule has 5 nitrogen and oxygen atoms in total. The Morgan fingerprint density at radius 3 is 2.18 bits per heavy atom. The van der Waals surface area contributed by atoms with E-state index in [1.807, 2.05) is 44.2 Å². The fourth-order valence-corrected chi connectivity index (χ4v) is 6.34. The van der Waals surface area contributed by atoms with E-state index in [2.05, 4.69) is 25.8 Å². The zero-order valence-corrected chi connectivity index (χ0v) is 21.1. The minimum atomic E-state index is -3.75. The number of aryl methyl sites for hydroxylation is 2. The van der Waals surface area contributed by atoms with Crippen molar-refractivity contribution in [3.8, 4) is 0 Å². The topological polar surface area (TPSA) is 70.2 Å². The van der Waals surface area contributed by atoms with Gasteiger partial charge in [0.2, 0.25) is 10.0 Å². The molecule has 1 fully saturated rings. The van der Waals surface area contributed by atoms with E-state index in [0.29, 0.717) is 5.56 Å². The van der Waals surface area contributed by atoms with Crippen LogP contribution >= 0.6 is 0 Å². The lowest BCUT2D eigenvalue weighted by atomic mass is 9.87. The van der Waals surface area contributed by atoms with Gasteiger partial charge in [-0.1, -0.05) is 45.7 Å². The van der Waals surface area contributed by atoms with Crippen LogP contribution in [0.15, 0.2) is 52.2 Å². The van der Waals surface area contributed by atoms with Crippen LogP contribution in [-0.4, -0.2) is 23.7 Å². The van der Waals surface area contributed by atoms with Crippen LogP contribution in [0.5, 0.6) is 0 Å². The molecule has 2 aromatic carbocycles. The van der Waals surface area contributed by atoms with Crippen molar-refractivity contribution in [1.82, 2.24) is 9.29 Å². The Bertz CT molecular complexity index is 1330. The second-order valence-corrected chi connectivity index (χ2v) is 12.3. The highest BCUT2D eigenvalue weighted by Crippen LogP contribution is 2.31. The summed E-state index contributed by atoms with van der Waals surface area (Å²) in [5.74, 6) is 0. The fourth-order valence-electron chi connectivity index (χ4n) is 4.67. The van der Waals surface area contributed by atoms with Gasteiger partial charge >= 0.3 is 0 Å². The standard InChI is InChI=1S/C27H34N2O3S/c1-18-14-20-16-21(26(30)28-25(20)15-19(18)2)17-29(23-8-6-7-9-23)33(31,32)24-12-10-22(11-13-24)27(3,4)5/h10-16,23H,6-9,17H2,1-5H3,(H,28,30). The van der Waals surface area contributed by atoms with E-state index in [1.54, 1.807) is 16.4 Å². The van der Waals surface area contributed by atoms with Gasteiger partial charge < -0.3 is 4.98 Å². The largest absolute Gasteiger partial charge is 0.322 e. The number of hydrogen-bond acceptors (Lipinski definition) is 3. The summed E-state index contributed by atoms with van der Waals surface area (Å²) in [6.45, 7) is 10.5. The van der Waals surface area contributed by atoms with Crippen LogP contribution in [0, 0.1) is 13.8 Å². The number of nitrogens with zero attached hydrogens (tertiary/aromatic N) is 1. The molecule has 3 aromatic rings. The molecule has 0 aliphatic heterocycles. The third-order valence-electron chi connectivity index (χ3n) is 6.92. The second-order valence-electron chi connectivity index (χ2n) is 10.4. The molecule has 1 N–H and O–H groups in total. The maximum absolute atomic E-state index is 13.8. The van der Waals surface area contributed by atoms with E-state index in [1.165, 1.54) is 0 Å². The number of fused-ring (bicyclic) bond motifs is 1. The van der Waals surface area contributed by atoms with E-state index in [9.17, 15) is 13.2 Å². The average Bonchev–Trinajstić information content (AvgIpc) is 3.27. The summed E-state index contributed by atoms with van der Waals surface area (Å²) < 4.78 is 29.1. The van der Waals surface area contributed by atoms with Crippen molar-refractivity contribution in [1.29, 1.82) is 0 Å². The quantitative estimate of drug-likeness (QED) is 0.534. The predicted molar refractivity (Wildman–Crippen MR) is 134 cm³/mol. The molecule has 1 aliphatic rings. The summed E-state index contributed by atoms with van der Waals surface area (Å²) in [6.07, 6.45) is 3.66. The molecule has 0 bridgehead atoms. The average molecular weight is 467 g/mol. The van der Waals surface area contributed by atoms with Crippen molar-refractivity contribution in [2.75, 3.05) is 0 Å². The summed E-state index contributed by atoms with van der Waals surface area (Å²) in [7, 11) is -3.75. The van der Waals surface area contributed by atoms with E-state index in [-0.39, 0.29) is 28.5 Å². The number of sulfonamides is 1. The molecule has 0 spiro atoms. The first-order valence-electron chi connectivity index (χ1n) is 11.7. The Hall–Kier alpha value is -2.44. The van der Waals surface area contributed by atoms with Gasteiger partial charge in [0, 0.05) is 23.7 Å². The lowest BCUT2D eigenvalue weighted by molar-refractivity contribution is 0.315. The van der Waals surface area contributed by atoms with Crippen LogP contribution in [0.4, 0.5) is 0 Å². The smallest absolute Gasteiger partial charge is 0.252 e. The monoisotopic (exact) mass is 466 g/mol. The first-order valence-corrected chi connectivity index (χ1v) is 13.2. The summed E-state index contributed by atoms with van der Waals surface area (Å²) in [5.41, 5.74) is 4.31. The molecule has 0 atom stereocenters. The predicted octanol–water partition coefficient (Wildman–Crippen LogP) is 5.58. The van der Waals surface area contributed by atoms with Crippen LogP contribution < -0.4 is 5.56 Å². The highest BCUT2D eigenvalue weighted by molar-refractivity contribution is 7.89. The van der Waals surface area contributed by atoms with Crippen molar-refractivity contribution in [2.24, 2.45) is 0 Å². The number of aromatic amines is 1. The minimum absolute atomic E-state index is 0.0533. The summed E-state index contributed by atoms with van der Waals surface area (Å²) in [6, 6.07) is 13.0. The van der Waals surface area contributed by atoms with Gasteiger partial charge in [0.25, 0.3) is 5.56 Å². The molecule has 1 aromatic heterocycles. The van der Waals surface area contributed by atoms with Crippen LogP contribution in [0.2, 0.25) is 0 Å². The van der Waals surface area contributed by atoms with Crippen molar-refractivity contribution in [3.05, 3.63) is 75.1 Å². The van der Waals surface area contributed by atoms with E-state index >= 15 is 0 Å². The van der Waals surface area contributed by atoms with Gasteiger partial charge in [-0.15, -0.1) is 0 Å². The van der Waals surface area contributed by atoms with Gasteiger partial charge in [-0.2, -0.15) is 4.31 Å². The molecule has 4 rings (SSSR count). The molecule has 33 heavy (non-hydrogen) atoms. The Morgan fingerprint density at radius 2 is 1.58 bits per heavy atom. The van der Waals surface area contributed by atoms with Gasteiger partial charge in [0.1, 0.15) is 0 Å². The van der Waals surface area contributed by atoms with Crippen molar-refractivity contribution < 1.29 is 8.42 Å². The molecule has 1 heterocycles. The van der Waals surface area contributed by atoms with E-state index in [0.717, 1.165) is 53.3 Å². The lowest BCUT2D eigenvalue weighted by Gasteiger charge is -2.28. The molecular weight excluding hydrogens is 432 g/mol. The minimum Gasteiger partial charge on any atom is -0.322 e. The third-order valence-corrected chi connectivity index (χ3v) is 8.83. The Balaban J connectivity index is 1.75. The highest BCUT2D eigenvalue weighted by atomic mass is 32.2.